The molecule has 0 saturated heterocycles. The van der Waals surface area contributed by atoms with Crippen molar-refractivity contribution in [3.8, 4) is 0 Å². The summed E-state index contributed by atoms with van der Waals surface area (Å²) < 4.78 is 0. The van der Waals surface area contributed by atoms with Gasteiger partial charge in [-0.1, -0.05) is 18.5 Å². The molecule has 19 heavy (non-hydrogen) atoms. The lowest BCUT2D eigenvalue weighted by atomic mass is 10.2. The number of pyridine rings is 1. The van der Waals surface area contributed by atoms with Gasteiger partial charge in [0.2, 0.25) is 0 Å². The number of hydrogen-bond acceptors (Lipinski definition) is 6. The van der Waals surface area contributed by atoms with E-state index < -0.39 is 4.92 Å². The highest BCUT2D eigenvalue weighted by Gasteiger charge is 2.12. The number of nitro groups is 1. The molecule has 8 heteroatoms. The molecule has 0 radical (unpaired) electrons. The zero-order valence-electron chi connectivity index (χ0n) is 10.0. The summed E-state index contributed by atoms with van der Waals surface area (Å²) in [6.45, 7) is 2.60. The first-order valence-electron chi connectivity index (χ1n) is 5.51. The molecule has 1 atom stereocenters. The molecule has 0 saturated carbocycles. The molecule has 0 aliphatic rings. The first kappa shape index (κ1) is 13.7. The molecule has 0 aromatic carbocycles. The van der Waals surface area contributed by atoms with Crippen LogP contribution in [0, 0.1) is 10.1 Å². The zero-order chi connectivity index (χ0) is 13.8. The summed E-state index contributed by atoms with van der Waals surface area (Å²) >= 11 is 7.31. The van der Waals surface area contributed by atoms with Gasteiger partial charge >= 0.3 is 0 Å². The summed E-state index contributed by atoms with van der Waals surface area (Å²) in [5, 5.41) is 16.8. The maximum absolute atomic E-state index is 10.7. The van der Waals surface area contributed by atoms with Gasteiger partial charge in [-0.3, -0.25) is 10.1 Å². The molecule has 1 N–H and O–H groups in total. The first-order chi connectivity index (χ1) is 9.06. The number of aromatic nitrogens is 2. The van der Waals surface area contributed by atoms with E-state index in [4.69, 9.17) is 11.6 Å². The number of nitrogens with one attached hydrogen (secondary N) is 1. The average Bonchev–Trinajstić information content (AvgIpc) is 2.89. The Bertz CT molecular complexity index is 576. The van der Waals surface area contributed by atoms with Crippen molar-refractivity contribution in [2.75, 3.05) is 11.9 Å². The molecule has 2 heterocycles. The van der Waals surface area contributed by atoms with Crippen molar-refractivity contribution in [2.45, 2.75) is 12.8 Å². The van der Waals surface area contributed by atoms with Gasteiger partial charge in [0.25, 0.3) is 5.69 Å². The molecule has 1 unspecified atom stereocenters. The molecular weight excluding hydrogens is 288 g/mol. The lowest BCUT2D eigenvalue weighted by Crippen LogP contribution is -2.10. The number of nitrogens with zero attached hydrogens (tertiary/aromatic N) is 3. The second-order valence-electron chi connectivity index (χ2n) is 3.94. The quantitative estimate of drug-likeness (QED) is 0.520. The van der Waals surface area contributed by atoms with E-state index in [1.54, 1.807) is 17.5 Å². The predicted octanol–water partition coefficient (Wildman–Crippen LogP) is 3.32. The van der Waals surface area contributed by atoms with E-state index in [9.17, 15) is 10.1 Å². The second kappa shape index (κ2) is 5.94. The molecule has 100 valence electrons. The minimum atomic E-state index is -0.497. The van der Waals surface area contributed by atoms with Crippen LogP contribution in [0.1, 0.15) is 17.8 Å². The smallest absolute Gasteiger partial charge is 0.276 e. The van der Waals surface area contributed by atoms with Gasteiger partial charge < -0.3 is 5.32 Å². The van der Waals surface area contributed by atoms with Gasteiger partial charge in [0, 0.05) is 24.0 Å². The van der Waals surface area contributed by atoms with E-state index >= 15 is 0 Å². The Morgan fingerprint density at radius 3 is 3.00 bits per heavy atom. The Morgan fingerprint density at radius 2 is 2.37 bits per heavy atom. The summed E-state index contributed by atoms with van der Waals surface area (Å²) in [7, 11) is 0. The number of halogens is 1. The van der Waals surface area contributed by atoms with Crippen LogP contribution in [-0.2, 0) is 0 Å². The monoisotopic (exact) mass is 298 g/mol. The number of rotatable bonds is 5. The van der Waals surface area contributed by atoms with Gasteiger partial charge in [0.15, 0.2) is 0 Å². The zero-order valence-corrected chi connectivity index (χ0v) is 11.6. The van der Waals surface area contributed by atoms with Crippen LogP contribution in [0.2, 0.25) is 5.15 Å². The maximum atomic E-state index is 10.7. The third kappa shape index (κ3) is 3.62. The fraction of sp³-hybridized carbons (Fsp3) is 0.273. The van der Waals surface area contributed by atoms with Gasteiger partial charge in [-0.05, 0) is 0 Å². The first-order valence-corrected chi connectivity index (χ1v) is 6.77. The predicted molar refractivity (Wildman–Crippen MR) is 74.9 cm³/mol. The molecule has 0 fully saturated rings. The van der Waals surface area contributed by atoms with E-state index in [1.165, 1.54) is 12.1 Å². The second-order valence-corrected chi connectivity index (χ2v) is 5.26. The van der Waals surface area contributed by atoms with Gasteiger partial charge in [0.05, 0.1) is 22.1 Å². The van der Waals surface area contributed by atoms with Crippen LogP contribution in [0.4, 0.5) is 11.5 Å². The molecule has 6 nitrogen and oxygen atoms in total. The van der Waals surface area contributed by atoms with Crippen LogP contribution in [0.5, 0.6) is 0 Å². The van der Waals surface area contributed by atoms with Crippen molar-refractivity contribution >= 4 is 34.4 Å². The molecule has 0 aliphatic heterocycles. The summed E-state index contributed by atoms with van der Waals surface area (Å²) in [5.41, 5.74) is -0.0793. The summed E-state index contributed by atoms with van der Waals surface area (Å²) in [6, 6.07) is 2.58. The van der Waals surface area contributed by atoms with Crippen LogP contribution >= 0.6 is 22.9 Å². The highest BCUT2D eigenvalue weighted by atomic mass is 35.5. The van der Waals surface area contributed by atoms with Gasteiger partial charge in [-0.25, -0.2) is 9.97 Å². The third-order valence-corrected chi connectivity index (χ3v) is 3.65. The largest absolute Gasteiger partial charge is 0.369 e. The molecule has 0 amide bonds. The maximum Gasteiger partial charge on any atom is 0.276 e. The third-order valence-electron chi connectivity index (χ3n) is 2.45. The van der Waals surface area contributed by atoms with Crippen LogP contribution in [0.3, 0.4) is 0 Å². The summed E-state index contributed by atoms with van der Waals surface area (Å²) in [4.78, 5) is 18.4. The SMILES string of the molecule is CC(CNc1cc([N+](=O)[O-])cc(Cl)n1)c1nccs1. The van der Waals surface area contributed by atoms with Crippen LogP contribution in [-0.4, -0.2) is 21.4 Å². The van der Waals surface area contributed by atoms with E-state index in [0.717, 1.165) is 5.01 Å². The Labute approximate surface area is 118 Å². The number of hydrogen-bond donors (Lipinski definition) is 1. The molecule has 0 spiro atoms. The number of thiazole rings is 1. The fourth-order valence-corrected chi connectivity index (χ4v) is 2.40. The van der Waals surface area contributed by atoms with Crippen molar-refractivity contribution in [1.82, 2.24) is 9.97 Å². The lowest BCUT2D eigenvalue weighted by molar-refractivity contribution is -0.384. The molecule has 0 aliphatic carbocycles. The highest BCUT2D eigenvalue weighted by molar-refractivity contribution is 7.09. The van der Waals surface area contributed by atoms with E-state index in [-0.39, 0.29) is 16.8 Å². The molecule has 0 bridgehead atoms. The molecule has 2 rings (SSSR count). The Balaban J connectivity index is 2.05. The summed E-state index contributed by atoms with van der Waals surface area (Å²) in [5.74, 6) is 0.586. The van der Waals surface area contributed by atoms with E-state index in [2.05, 4.69) is 15.3 Å². The van der Waals surface area contributed by atoms with Gasteiger partial charge in [0.1, 0.15) is 11.0 Å². The minimum Gasteiger partial charge on any atom is -0.369 e. The van der Waals surface area contributed by atoms with E-state index in [0.29, 0.717) is 12.4 Å². The van der Waals surface area contributed by atoms with E-state index in [1.807, 2.05) is 12.3 Å². The normalized spacial score (nSPS) is 12.1. The van der Waals surface area contributed by atoms with Crippen molar-refractivity contribution in [3.05, 3.63) is 44.0 Å². The summed E-state index contributed by atoms with van der Waals surface area (Å²) in [6.07, 6.45) is 1.75. The van der Waals surface area contributed by atoms with Gasteiger partial charge in [-0.2, -0.15) is 0 Å². The Morgan fingerprint density at radius 1 is 1.58 bits per heavy atom. The molecule has 2 aromatic rings. The van der Waals surface area contributed by atoms with Gasteiger partial charge in [-0.15, -0.1) is 11.3 Å². The van der Waals surface area contributed by atoms with Crippen molar-refractivity contribution in [3.63, 3.8) is 0 Å². The van der Waals surface area contributed by atoms with Crippen LogP contribution in [0.25, 0.3) is 0 Å². The number of anilines is 1. The molecule has 2 aromatic heterocycles. The Kier molecular flexibility index (Phi) is 4.28. The topological polar surface area (TPSA) is 81.0 Å². The van der Waals surface area contributed by atoms with Crippen molar-refractivity contribution < 1.29 is 4.92 Å². The lowest BCUT2D eigenvalue weighted by Gasteiger charge is -2.10. The van der Waals surface area contributed by atoms with Crippen molar-refractivity contribution in [2.24, 2.45) is 0 Å². The van der Waals surface area contributed by atoms with Crippen LogP contribution in [0.15, 0.2) is 23.7 Å². The highest BCUT2D eigenvalue weighted by Crippen LogP contribution is 2.22. The average molecular weight is 299 g/mol. The minimum absolute atomic E-state index is 0.0793. The Hall–Kier alpha value is -1.73. The van der Waals surface area contributed by atoms with Crippen LogP contribution < -0.4 is 5.32 Å². The standard InChI is InChI=1S/C11H11ClN4O2S/c1-7(11-13-2-3-19-11)6-14-10-5-8(16(17)18)4-9(12)15-10/h2-5,7H,6H2,1H3,(H,14,15). The molecular formula is C11H11ClN4O2S. The van der Waals surface area contributed by atoms with Crippen molar-refractivity contribution in [1.29, 1.82) is 0 Å². The fourth-order valence-electron chi connectivity index (χ4n) is 1.50.